The molecule has 0 aliphatic heterocycles. The number of ketones is 2. The van der Waals surface area contributed by atoms with E-state index < -0.39 is 11.0 Å². The van der Waals surface area contributed by atoms with Crippen molar-refractivity contribution in [3.05, 3.63) is 11.6 Å². The largest absolute Gasteiger partial charge is 0.381 e. The number of rotatable bonds is 0. The molecule has 0 fully saturated rings. The summed E-state index contributed by atoms with van der Waals surface area (Å²) in [5, 5.41) is 10.4. The number of allylic oxidation sites excluding steroid dienone is 1. The maximum atomic E-state index is 12.1. The highest BCUT2D eigenvalue weighted by atomic mass is 16.3. The van der Waals surface area contributed by atoms with Gasteiger partial charge in [0, 0.05) is 12.0 Å². The van der Waals surface area contributed by atoms with Gasteiger partial charge in [0.25, 0.3) is 0 Å². The molecule has 1 aliphatic carbocycles. The third-order valence-electron chi connectivity index (χ3n) is 3.45. The first-order valence-corrected chi connectivity index (χ1v) is 5.92. The SMILES string of the molecule is CC(C)(C)C1=CC(=O)C(O)(C(C)(C)C)CC1=O. The normalized spacial score (nSPS) is 27.1. The highest BCUT2D eigenvalue weighted by molar-refractivity contribution is 6.13. The van der Waals surface area contributed by atoms with Crippen LogP contribution in [0.1, 0.15) is 48.0 Å². The standard InChI is InChI=1S/C14H22O3/c1-12(2,3)9-7-11(16)14(17,8-10(9)15)13(4,5)6/h7,17H,8H2,1-6H3. The van der Waals surface area contributed by atoms with Crippen molar-refractivity contribution in [1.82, 2.24) is 0 Å². The fourth-order valence-corrected chi connectivity index (χ4v) is 2.02. The Labute approximate surface area is 103 Å². The molecule has 3 nitrogen and oxygen atoms in total. The van der Waals surface area contributed by atoms with E-state index in [9.17, 15) is 14.7 Å². The monoisotopic (exact) mass is 238 g/mol. The lowest BCUT2D eigenvalue weighted by atomic mass is 9.65. The molecule has 17 heavy (non-hydrogen) atoms. The summed E-state index contributed by atoms with van der Waals surface area (Å²) >= 11 is 0. The van der Waals surface area contributed by atoms with Crippen LogP contribution < -0.4 is 0 Å². The molecule has 0 saturated carbocycles. The first-order valence-electron chi connectivity index (χ1n) is 5.92. The summed E-state index contributed by atoms with van der Waals surface area (Å²) in [6.45, 7) is 11.0. The van der Waals surface area contributed by atoms with Gasteiger partial charge < -0.3 is 5.11 Å². The molecule has 0 aromatic rings. The van der Waals surface area contributed by atoms with E-state index in [1.807, 2.05) is 20.8 Å². The van der Waals surface area contributed by atoms with E-state index in [1.54, 1.807) is 20.8 Å². The van der Waals surface area contributed by atoms with Crippen LogP contribution >= 0.6 is 0 Å². The van der Waals surface area contributed by atoms with Gasteiger partial charge in [0.1, 0.15) is 5.60 Å². The Bertz CT molecular complexity index is 391. The van der Waals surface area contributed by atoms with Crippen molar-refractivity contribution in [3.63, 3.8) is 0 Å². The zero-order valence-electron chi connectivity index (χ0n) is 11.5. The molecular formula is C14H22O3. The van der Waals surface area contributed by atoms with Crippen LogP contribution in [0.5, 0.6) is 0 Å². The Kier molecular flexibility index (Phi) is 3.13. The molecule has 0 aromatic heterocycles. The van der Waals surface area contributed by atoms with E-state index in [-0.39, 0.29) is 23.4 Å². The second kappa shape index (κ2) is 3.77. The molecule has 1 N–H and O–H groups in total. The number of carbonyl (C=O) groups is 2. The molecule has 0 spiro atoms. The van der Waals surface area contributed by atoms with Gasteiger partial charge in [-0.1, -0.05) is 41.5 Å². The van der Waals surface area contributed by atoms with Crippen LogP contribution in [0.2, 0.25) is 0 Å². The summed E-state index contributed by atoms with van der Waals surface area (Å²) in [5.41, 5.74) is -2.05. The highest BCUT2D eigenvalue weighted by Crippen LogP contribution is 2.41. The fourth-order valence-electron chi connectivity index (χ4n) is 2.02. The quantitative estimate of drug-likeness (QED) is 0.704. The zero-order chi connectivity index (χ0) is 13.6. The lowest BCUT2D eigenvalue weighted by molar-refractivity contribution is -0.152. The summed E-state index contributed by atoms with van der Waals surface area (Å²) < 4.78 is 0. The van der Waals surface area contributed by atoms with Crippen molar-refractivity contribution in [3.8, 4) is 0 Å². The second-order valence-corrected chi connectivity index (χ2v) is 6.88. The van der Waals surface area contributed by atoms with Gasteiger partial charge in [-0.2, -0.15) is 0 Å². The van der Waals surface area contributed by atoms with Crippen molar-refractivity contribution in [2.24, 2.45) is 10.8 Å². The van der Waals surface area contributed by atoms with Crippen molar-refractivity contribution in [2.75, 3.05) is 0 Å². The molecule has 0 aromatic carbocycles. The van der Waals surface area contributed by atoms with Crippen LogP contribution in [0.25, 0.3) is 0 Å². The van der Waals surface area contributed by atoms with E-state index >= 15 is 0 Å². The summed E-state index contributed by atoms with van der Waals surface area (Å²) in [5.74, 6) is -0.482. The van der Waals surface area contributed by atoms with E-state index in [0.29, 0.717) is 5.57 Å². The average Bonchev–Trinajstić information content (AvgIpc) is 2.07. The van der Waals surface area contributed by atoms with Crippen LogP contribution in [-0.2, 0) is 9.59 Å². The van der Waals surface area contributed by atoms with Crippen LogP contribution in [0.15, 0.2) is 11.6 Å². The molecule has 0 heterocycles. The Morgan fingerprint density at radius 2 is 1.59 bits per heavy atom. The van der Waals surface area contributed by atoms with Gasteiger partial charge in [-0.15, -0.1) is 0 Å². The minimum atomic E-state index is -1.57. The summed E-state index contributed by atoms with van der Waals surface area (Å²) in [4.78, 5) is 24.2. The zero-order valence-corrected chi connectivity index (χ0v) is 11.5. The topological polar surface area (TPSA) is 54.4 Å². The minimum Gasteiger partial charge on any atom is -0.381 e. The van der Waals surface area contributed by atoms with Gasteiger partial charge >= 0.3 is 0 Å². The third-order valence-corrected chi connectivity index (χ3v) is 3.45. The van der Waals surface area contributed by atoms with Crippen LogP contribution in [0.3, 0.4) is 0 Å². The maximum Gasteiger partial charge on any atom is 0.188 e. The van der Waals surface area contributed by atoms with Crippen molar-refractivity contribution < 1.29 is 14.7 Å². The number of Topliss-reactive ketones (excluding diaryl/α,β-unsaturated/α-hetero) is 1. The first-order chi connectivity index (χ1) is 7.39. The molecule has 1 aliphatic rings. The van der Waals surface area contributed by atoms with E-state index in [2.05, 4.69) is 0 Å². The molecule has 0 radical (unpaired) electrons. The molecule has 3 heteroatoms. The Morgan fingerprint density at radius 1 is 1.12 bits per heavy atom. The lowest BCUT2D eigenvalue weighted by Crippen LogP contribution is -2.53. The van der Waals surface area contributed by atoms with Gasteiger partial charge in [0.15, 0.2) is 11.6 Å². The summed E-state index contributed by atoms with van der Waals surface area (Å²) in [6, 6.07) is 0. The van der Waals surface area contributed by atoms with Gasteiger partial charge in [-0.25, -0.2) is 0 Å². The van der Waals surface area contributed by atoms with Crippen molar-refractivity contribution in [1.29, 1.82) is 0 Å². The fraction of sp³-hybridized carbons (Fsp3) is 0.714. The number of hydrogen-bond donors (Lipinski definition) is 1. The first kappa shape index (κ1) is 14.1. The van der Waals surface area contributed by atoms with Crippen molar-refractivity contribution in [2.45, 2.75) is 53.6 Å². The van der Waals surface area contributed by atoms with Crippen molar-refractivity contribution >= 4 is 11.6 Å². The van der Waals surface area contributed by atoms with Gasteiger partial charge in [0.05, 0.1) is 0 Å². The third kappa shape index (κ3) is 2.34. The molecule has 1 atom stereocenters. The van der Waals surface area contributed by atoms with E-state index in [1.165, 1.54) is 6.08 Å². The molecular weight excluding hydrogens is 216 g/mol. The average molecular weight is 238 g/mol. The Hall–Kier alpha value is -0.960. The van der Waals surface area contributed by atoms with Crippen LogP contribution in [0.4, 0.5) is 0 Å². The number of hydrogen-bond acceptors (Lipinski definition) is 3. The molecule has 1 rings (SSSR count). The van der Waals surface area contributed by atoms with Gasteiger partial charge in [-0.05, 0) is 16.9 Å². The van der Waals surface area contributed by atoms with Gasteiger partial charge in [-0.3, -0.25) is 9.59 Å². The molecule has 0 saturated heterocycles. The van der Waals surface area contributed by atoms with Crippen LogP contribution in [-0.4, -0.2) is 22.3 Å². The molecule has 1 unspecified atom stereocenters. The highest BCUT2D eigenvalue weighted by Gasteiger charge is 2.50. The van der Waals surface area contributed by atoms with Gasteiger partial charge in [0.2, 0.25) is 0 Å². The summed E-state index contributed by atoms with van der Waals surface area (Å²) in [6.07, 6.45) is 1.22. The van der Waals surface area contributed by atoms with E-state index in [4.69, 9.17) is 0 Å². The Morgan fingerprint density at radius 3 is 1.94 bits per heavy atom. The maximum absolute atomic E-state index is 12.1. The van der Waals surface area contributed by atoms with E-state index in [0.717, 1.165) is 0 Å². The molecule has 96 valence electrons. The lowest BCUT2D eigenvalue weighted by Gasteiger charge is -2.41. The molecule has 0 amide bonds. The predicted molar refractivity (Wildman–Crippen MR) is 66.6 cm³/mol. The Balaban J connectivity index is 3.26. The van der Waals surface area contributed by atoms with Crippen LogP contribution in [0, 0.1) is 10.8 Å². The number of aliphatic hydroxyl groups is 1. The smallest absolute Gasteiger partial charge is 0.188 e. The minimum absolute atomic E-state index is 0.113. The molecule has 0 bridgehead atoms. The predicted octanol–water partition coefficient (Wildman–Crippen LogP) is 2.28. The summed E-state index contributed by atoms with van der Waals surface area (Å²) in [7, 11) is 0. The number of carbonyl (C=O) groups excluding carboxylic acids is 2. The second-order valence-electron chi connectivity index (χ2n) is 6.88.